The molecule has 2 heterocycles. The molecule has 0 unspecified atom stereocenters. The summed E-state index contributed by atoms with van der Waals surface area (Å²) in [4.78, 5) is 2.33. The Morgan fingerprint density at radius 3 is 2.49 bits per heavy atom. The van der Waals surface area contributed by atoms with E-state index in [0.717, 1.165) is 38.2 Å². The minimum Gasteiger partial charge on any atom is -0.383 e. The second kappa shape index (κ2) is 12.3. The summed E-state index contributed by atoms with van der Waals surface area (Å²) in [6.07, 6.45) is -2.55. The van der Waals surface area contributed by atoms with Crippen molar-refractivity contribution in [3.8, 4) is 11.8 Å². The highest BCUT2D eigenvalue weighted by atomic mass is 32.2. The SMILES string of the molecule is COCCN1CCC(Nc2cccc3c2cc(C#CCNc2ccc(S(N)(=O)=O)cc2)n3CC(F)(F)F)CC1. The molecule has 210 valence electrons. The van der Waals surface area contributed by atoms with Crippen molar-refractivity contribution in [2.45, 2.75) is 36.5 Å². The third kappa shape index (κ3) is 7.89. The van der Waals surface area contributed by atoms with E-state index < -0.39 is 22.7 Å². The van der Waals surface area contributed by atoms with Gasteiger partial charge in [-0.25, -0.2) is 13.6 Å². The lowest BCUT2D eigenvalue weighted by molar-refractivity contribution is -0.140. The fourth-order valence-electron chi connectivity index (χ4n) is 4.65. The van der Waals surface area contributed by atoms with E-state index >= 15 is 0 Å². The van der Waals surface area contributed by atoms with Gasteiger partial charge in [-0.2, -0.15) is 13.2 Å². The van der Waals surface area contributed by atoms with Gasteiger partial charge in [0, 0.05) is 49.5 Å². The van der Waals surface area contributed by atoms with Crippen LogP contribution in [0.5, 0.6) is 0 Å². The maximum absolute atomic E-state index is 13.5. The van der Waals surface area contributed by atoms with E-state index in [4.69, 9.17) is 9.88 Å². The molecule has 3 aromatic rings. The zero-order valence-corrected chi connectivity index (χ0v) is 22.4. The molecule has 0 amide bonds. The van der Waals surface area contributed by atoms with Crippen LogP contribution in [0.1, 0.15) is 18.5 Å². The van der Waals surface area contributed by atoms with Gasteiger partial charge in [0.25, 0.3) is 0 Å². The molecule has 12 heteroatoms. The predicted octanol–water partition coefficient (Wildman–Crippen LogP) is 3.84. The Morgan fingerprint density at radius 1 is 1.13 bits per heavy atom. The van der Waals surface area contributed by atoms with Gasteiger partial charge in [-0.3, -0.25) is 0 Å². The van der Waals surface area contributed by atoms with Crippen LogP contribution in [-0.2, 0) is 21.3 Å². The molecule has 1 aromatic heterocycles. The third-order valence-corrected chi connectivity index (χ3v) is 7.55. The maximum atomic E-state index is 13.5. The zero-order chi connectivity index (χ0) is 28.0. The number of rotatable bonds is 9. The summed E-state index contributed by atoms with van der Waals surface area (Å²) in [7, 11) is -2.11. The first-order chi connectivity index (χ1) is 18.5. The van der Waals surface area contributed by atoms with Crippen molar-refractivity contribution in [3.63, 3.8) is 0 Å². The van der Waals surface area contributed by atoms with Crippen LogP contribution in [0.3, 0.4) is 0 Å². The molecule has 1 aliphatic heterocycles. The van der Waals surface area contributed by atoms with Crippen molar-refractivity contribution >= 4 is 32.3 Å². The minimum absolute atomic E-state index is 0.0168. The number of benzene rings is 2. The first kappa shape index (κ1) is 28.8. The van der Waals surface area contributed by atoms with Crippen molar-refractivity contribution in [1.29, 1.82) is 0 Å². The number of likely N-dealkylation sites (tertiary alicyclic amines) is 1. The summed E-state index contributed by atoms with van der Waals surface area (Å²) in [5.41, 5.74) is 2.12. The molecule has 0 aliphatic carbocycles. The Hall–Kier alpha value is -3.24. The van der Waals surface area contributed by atoms with Gasteiger partial charge in [0.2, 0.25) is 10.0 Å². The maximum Gasteiger partial charge on any atom is 0.406 e. The number of nitrogens with zero attached hydrogens (tertiary/aromatic N) is 2. The van der Waals surface area contributed by atoms with Crippen LogP contribution in [0.4, 0.5) is 24.5 Å². The molecule has 4 N–H and O–H groups in total. The molecule has 0 atom stereocenters. The van der Waals surface area contributed by atoms with Gasteiger partial charge >= 0.3 is 6.18 Å². The Bertz CT molecular complexity index is 1440. The molecule has 39 heavy (non-hydrogen) atoms. The molecule has 0 spiro atoms. The average molecular weight is 564 g/mol. The molecular weight excluding hydrogens is 531 g/mol. The Morgan fingerprint density at radius 2 is 1.85 bits per heavy atom. The van der Waals surface area contributed by atoms with E-state index in [2.05, 4.69) is 27.4 Å². The van der Waals surface area contributed by atoms with Crippen LogP contribution < -0.4 is 15.8 Å². The molecule has 0 radical (unpaired) electrons. The minimum atomic E-state index is -4.41. The van der Waals surface area contributed by atoms with Gasteiger partial charge in [-0.15, -0.1) is 0 Å². The summed E-state index contributed by atoms with van der Waals surface area (Å²) in [6, 6.07) is 13.1. The number of primary sulfonamides is 1. The number of hydrogen-bond donors (Lipinski definition) is 3. The number of hydrogen-bond acceptors (Lipinski definition) is 6. The van der Waals surface area contributed by atoms with Gasteiger partial charge in [0.05, 0.1) is 29.3 Å². The molecule has 1 fully saturated rings. The summed E-state index contributed by atoms with van der Waals surface area (Å²) in [5, 5.41) is 12.4. The summed E-state index contributed by atoms with van der Waals surface area (Å²) < 4.78 is 69.6. The molecular formula is C27H32F3N5O3S. The Balaban J connectivity index is 1.51. The van der Waals surface area contributed by atoms with Crippen molar-refractivity contribution in [1.82, 2.24) is 9.47 Å². The number of nitrogens with one attached hydrogen (secondary N) is 2. The normalized spacial score (nSPS) is 15.2. The summed E-state index contributed by atoms with van der Waals surface area (Å²) in [6.45, 7) is 2.44. The number of halogens is 3. The number of anilines is 2. The number of piperidine rings is 1. The molecule has 0 bridgehead atoms. The number of aromatic nitrogens is 1. The fourth-order valence-corrected chi connectivity index (χ4v) is 5.16. The van der Waals surface area contributed by atoms with E-state index in [1.54, 1.807) is 37.4 Å². The standard InChI is InChI=1S/C27H32F3N5O3S/c1-38-17-16-34-14-11-21(12-15-34)33-25-5-2-6-26-24(25)18-22(35(26)19-27(28,29)30)4-3-13-32-20-7-9-23(10-8-20)39(31,36)37/h2,5-10,18,21,32-33H,11-17,19H2,1H3,(H2,31,36,37). The first-order valence-electron chi connectivity index (χ1n) is 12.6. The number of ether oxygens (including phenoxy) is 1. The molecule has 1 saturated heterocycles. The van der Waals surface area contributed by atoms with Crippen molar-refractivity contribution in [2.75, 3.05) is 50.5 Å². The smallest absolute Gasteiger partial charge is 0.383 e. The van der Waals surface area contributed by atoms with Crippen LogP contribution in [0, 0.1) is 11.8 Å². The monoisotopic (exact) mass is 563 g/mol. The highest BCUT2D eigenvalue weighted by Gasteiger charge is 2.30. The number of alkyl halides is 3. The molecule has 8 nitrogen and oxygen atoms in total. The molecule has 1 aliphatic rings. The zero-order valence-electron chi connectivity index (χ0n) is 21.6. The molecule has 4 rings (SSSR count). The first-order valence-corrected chi connectivity index (χ1v) is 14.1. The van der Waals surface area contributed by atoms with Gasteiger partial charge in [-0.1, -0.05) is 12.0 Å². The number of nitrogens with two attached hydrogens (primary N) is 1. The predicted molar refractivity (Wildman–Crippen MR) is 146 cm³/mol. The summed E-state index contributed by atoms with van der Waals surface area (Å²) in [5.74, 6) is 5.75. The third-order valence-electron chi connectivity index (χ3n) is 6.62. The number of sulfonamides is 1. The van der Waals surface area contributed by atoms with E-state index in [9.17, 15) is 21.6 Å². The molecule has 0 saturated carbocycles. The largest absolute Gasteiger partial charge is 0.406 e. The number of methoxy groups -OCH3 is 1. The van der Waals surface area contributed by atoms with Gasteiger partial charge < -0.3 is 24.8 Å². The Kier molecular flexibility index (Phi) is 9.07. The van der Waals surface area contributed by atoms with Gasteiger partial charge in [-0.05, 0) is 61.2 Å². The van der Waals surface area contributed by atoms with Crippen LogP contribution in [0.15, 0.2) is 53.4 Å². The topological polar surface area (TPSA) is 102 Å². The van der Waals surface area contributed by atoms with E-state index in [-0.39, 0.29) is 23.2 Å². The Labute approximate surface area is 226 Å². The lowest BCUT2D eigenvalue weighted by Gasteiger charge is -2.32. The van der Waals surface area contributed by atoms with Crippen LogP contribution in [-0.4, -0.2) is 70.0 Å². The van der Waals surface area contributed by atoms with E-state index in [1.165, 1.54) is 16.7 Å². The lowest BCUT2D eigenvalue weighted by Crippen LogP contribution is -2.40. The summed E-state index contributed by atoms with van der Waals surface area (Å²) >= 11 is 0. The van der Waals surface area contributed by atoms with E-state index in [1.807, 2.05) is 6.07 Å². The van der Waals surface area contributed by atoms with Crippen LogP contribution in [0.25, 0.3) is 10.9 Å². The fraction of sp³-hybridized carbons (Fsp3) is 0.407. The average Bonchev–Trinajstić information content (AvgIpc) is 3.22. The van der Waals surface area contributed by atoms with E-state index in [0.29, 0.717) is 23.2 Å². The highest BCUT2D eigenvalue weighted by Crippen LogP contribution is 2.31. The quantitative estimate of drug-likeness (QED) is 0.342. The lowest BCUT2D eigenvalue weighted by atomic mass is 10.0. The molecule has 2 aromatic carbocycles. The highest BCUT2D eigenvalue weighted by molar-refractivity contribution is 7.89. The van der Waals surface area contributed by atoms with Crippen molar-refractivity contribution in [3.05, 3.63) is 54.2 Å². The van der Waals surface area contributed by atoms with Crippen LogP contribution >= 0.6 is 0 Å². The van der Waals surface area contributed by atoms with Gasteiger partial charge in [0.1, 0.15) is 6.54 Å². The van der Waals surface area contributed by atoms with Crippen molar-refractivity contribution < 1.29 is 26.3 Å². The van der Waals surface area contributed by atoms with Gasteiger partial charge in [0.15, 0.2) is 0 Å². The number of fused-ring (bicyclic) bond motifs is 1. The van der Waals surface area contributed by atoms with Crippen molar-refractivity contribution in [2.24, 2.45) is 5.14 Å². The van der Waals surface area contributed by atoms with Crippen LogP contribution in [0.2, 0.25) is 0 Å². The second-order valence-electron chi connectivity index (χ2n) is 9.45. The second-order valence-corrected chi connectivity index (χ2v) is 11.0.